The minimum atomic E-state index is -2.62. The Bertz CT molecular complexity index is 577. The number of rotatable bonds is 11. The Labute approximate surface area is 190 Å². The van der Waals surface area contributed by atoms with E-state index in [4.69, 9.17) is 12.3 Å². The zero-order valence-electron chi connectivity index (χ0n) is 20.3. The lowest BCUT2D eigenvalue weighted by atomic mass is 9.99. The van der Waals surface area contributed by atoms with Crippen LogP contribution in [0.2, 0.25) is 43.8 Å². The molecule has 3 nitrogen and oxygen atoms in total. The summed E-state index contributed by atoms with van der Waals surface area (Å²) < 4.78 is 21.5. The normalized spacial score (nSPS) is 22.3. The largest absolute Gasteiger partial charge is 0.432 e. The van der Waals surface area contributed by atoms with Crippen molar-refractivity contribution < 1.29 is 12.3 Å². The van der Waals surface area contributed by atoms with Crippen molar-refractivity contribution in [2.45, 2.75) is 108 Å². The zero-order chi connectivity index (χ0) is 22.5. The molecule has 1 unspecified atom stereocenters. The number of hydrogen-bond donors (Lipinski definition) is 0. The average Bonchev–Trinajstić information content (AvgIpc) is 2.74. The fraction of sp³-hybridized carbons (Fsp3) is 0.739. The van der Waals surface area contributed by atoms with Crippen LogP contribution >= 0.6 is 0 Å². The second kappa shape index (κ2) is 10.7. The van der Waals surface area contributed by atoms with Gasteiger partial charge >= 0.3 is 17.1 Å². The van der Waals surface area contributed by atoms with Gasteiger partial charge in [0.05, 0.1) is 0 Å². The molecule has 2 fully saturated rings. The van der Waals surface area contributed by atoms with Gasteiger partial charge in [-0.15, -0.1) is 19.7 Å². The summed E-state index contributed by atoms with van der Waals surface area (Å²) in [6.45, 7) is 23.6. The van der Waals surface area contributed by atoms with E-state index in [0.29, 0.717) is 11.1 Å². The molecule has 1 atom stereocenters. The molecule has 0 aromatic rings. The Morgan fingerprint density at radius 3 is 1.33 bits per heavy atom. The molecule has 30 heavy (non-hydrogen) atoms. The summed E-state index contributed by atoms with van der Waals surface area (Å²) >= 11 is 0. The fourth-order valence-electron chi connectivity index (χ4n) is 5.14. The highest BCUT2D eigenvalue weighted by molar-refractivity contribution is 6.94. The first kappa shape index (κ1) is 26.2. The smallest absolute Gasteiger partial charge is 0.342 e. The first-order valence-corrected chi connectivity index (χ1v) is 22.4. The average molecular weight is 483 g/mol. The molecule has 2 rings (SSSR count). The quantitative estimate of drug-likeness (QED) is 0.281. The minimum absolute atomic E-state index is 0.560. The third-order valence-corrected chi connectivity index (χ3v) is 23.1. The summed E-state index contributed by atoms with van der Waals surface area (Å²) in [5, 5.41) is 0. The van der Waals surface area contributed by atoms with Crippen molar-refractivity contribution in [1.82, 2.24) is 0 Å². The van der Waals surface area contributed by atoms with Crippen LogP contribution in [0.25, 0.3) is 0 Å². The molecule has 2 aliphatic carbocycles. The van der Waals surface area contributed by atoms with Crippen molar-refractivity contribution in [3.63, 3.8) is 0 Å². The van der Waals surface area contributed by atoms with Gasteiger partial charge in [0.1, 0.15) is 0 Å². The maximum Gasteiger partial charge on any atom is 0.342 e. The predicted octanol–water partition coefficient (Wildman–Crippen LogP) is 7.80. The molecule has 2 saturated carbocycles. The van der Waals surface area contributed by atoms with Crippen LogP contribution in [-0.4, -0.2) is 33.8 Å². The van der Waals surface area contributed by atoms with E-state index in [9.17, 15) is 0 Å². The SMILES string of the molecule is C=C[Si](C)(C)O[Si](C)(C=C)O[Si](O[Si](C)(C)C=C)(C1CCCCC1)C1CCCCC1. The van der Waals surface area contributed by atoms with Crippen molar-refractivity contribution in [3.8, 4) is 0 Å². The molecule has 0 radical (unpaired) electrons. The Kier molecular flexibility index (Phi) is 9.37. The van der Waals surface area contributed by atoms with Gasteiger partial charge in [-0.1, -0.05) is 55.6 Å². The van der Waals surface area contributed by atoms with E-state index < -0.39 is 33.8 Å². The maximum atomic E-state index is 7.42. The van der Waals surface area contributed by atoms with Crippen LogP contribution in [0.15, 0.2) is 36.8 Å². The van der Waals surface area contributed by atoms with Crippen LogP contribution < -0.4 is 0 Å². The number of hydrogen-bond acceptors (Lipinski definition) is 3. The van der Waals surface area contributed by atoms with E-state index >= 15 is 0 Å². The van der Waals surface area contributed by atoms with Crippen LogP contribution in [-0.2, 0) is 12.3 Å². The predicted molar refractivity (Wildman–Crippen MR) is 140 cm³/mol. The molecule has 0 saturated heterocycles. The molecule has 0 N–H and O–H groups in total. The van der Waals surface area contributed by atoms with Crippen LogP contribution in [0.3, 0.4) is 0 Å². The summed E-state index contributed by atoms with van der Waals surface area (Å²) in [5.74, 6) is 0. The lowest BCUT2D eigenvalue weighted by molar-refractivity contribution is 0.262. The van der Waals surface area contributed by atoms with Gasteiger partial charge in [-0.05, 0) is 58.4 Å². The first-order chi connectivity index (χ1) is 14.0. The molecule has 0 bridgehead atoms. The van der Waals surface area contributed by atoms with E-state index in [1.54, 1.807) is 0 Å². The van der Waals surface area contributed by atoms with Gasteiger partial charge < -0.3 is 12.3 Å². The molecule has 172 valence electrons. The van der Waals surface area contributed by atoms with Crippen LogP contribution in [0, 0.1) is 0 Å². The summed E-state index contributed by atoms with van der Waals surface area (Å²) in [7, 11) is -9.24. The van der Waals surface area contributed by atoms with Crippen molar-refractivity contribution in [3.05, 3.63) is 36.8 Å². The summed E-state index contributed by atoms with van der Waals surface area (Å²) in [6, 6.07) is 0. The van der Waals surface area contributed by atoms with Gasteiger partial charge in [0.2, 0.25) is 0 Å². The molecule has 0 aromatic heterocycles. The van der Waals surface area contributed by atoms with Gasteiger partial charge in [0.25, 0.3) is 0 Å². The highest BCUT2D eigenvalue weighted by atomic mass is 28.5. The minimum Gasteiger partial charge on any atom is -0.432 e. The molecule has 0 spiro atoms. The molecule has 0 aromatic carbocycles. The highest BCUT2D eigenvalue weighted by Gasteiger charge is 2.58. The van der Waals surface area contributed by atoms with Crippen LogP contribution in [0.5, 0.6) is 0 Å². The molecular weight excluding hydrogens is 437 g/mol. The Hall–Kier alpha value is -0.0325. The van der Waals surface area contributed by atoms with Gasteiger partial charge in [-0.2, -0.15) is 0 Å². The van der Waals surface area contributed by atoms with Gasteiger partial charge in [-0.3, -0.25) is 0 Å². The summed E-state index contributed by atoms with van der Waals surface area (Å²) in [5.41, 5.74) is 7.23. The maximum absolute atomic E-state index is 7.42. The van der Waals surface area contributed by atoms with Gasteiger partial charge in [0.15, 0.2) is 16.6 Å². The van der Waals surface area contributed by atoms with Gasteiger partial charge in [-0.25, -0.2) is 0 Å². The highest BCUT2D eigenvalue weighted by Crippen LogP contribution is 2.51. The van der Waals surface area contributed by atoms with E-state index in [-0.39, 0.29) is 0 Å². The van der Waals surface area contributed by atoms with Crippen molar-refractivity contribution >= 4 is 33.8 Å². The van der Waals surface area contributed by atoms with E-state index in [0.717, 1.165) is 0 Å². The van der Waals surface area contributed by atoms with Gasteiger partial charge in [0, 0.05) is 11.1 Å². The van der Waals surface area contributed by atoms with Crippen molar-refractivity contribution in [2.75, 3.05) is 0 Å². The molecule has 0 heterocycles. The molecule has 7 heteroatoms. The fourth-order valence-corrected chi connectivity index (χ4v) is 23.3. The summed E-state index contributed by atoms with van der Waals surface area (Å²) in [6.07, 6.45) is 12.9. The zero-order valence-corrected chi connectivity index (χ0v) is 24.3. The second-order valence-electron chi connectivity index (χ2n) is 10.5. The Morgan fingerprint density at radius 2 is 0.967 bits per heavy atom. The van der Waals surface area contributed by atoms with Crippen LogP contribution in [0.4, 0.5) is 0 Å². The monoisotopic (exact) mass is 482 g/mol. The molecule has 0 aliphatic heterocycles. The topological polar surface area (TPSA) is 27.7 Å². The van der Waals surface area contributed by atoms with Crippen LogP contribution in [0.1, 0.15) is 64.2 Å². The van der Waals surface area contributed by atoms with E-state index in [2.05, 4.69) is 58.2 Å². The van der Waals surface area contributed by atoms with Crippen molar-refractivity contribution in [2.24, 2.45) is 0 Å². The summed E-state index contributed by atoms with van der Waals surface area (Å²) in [4.78, 5) is 0. The van der Waals surface area contributed by atoms with E-state index in [1.807, 2.05) is 11.4 Å². The van der Waals surface area contributed by atoms with E-state index in [1.165, 1.54) is 64.2 Å². The molecule has 0 amide bonds. The third-order valence-electron chi connectivity index (χ3n) is 6.95. The third kappa shape index (κ3) is 6.73. The molecule has 2 aliphatic rings. The van der Waals surface area contributed by atoms with Crippen molar-refractivity contribution in [1.29, 1.82) is 0 Å². The lowest BCUT2D eigenvalue weighted by Crippen LogP contribution is -2.64. The molecular formula is C23H46O3Si4. The Balaban J connectivity index is 2.53. The lowest BCUT2D eigenvalue weighted by Gasteiger charge is -2.52. The first-order valence-electron chi connectivity index (χ1n) is 12.0. The second-order valence-corrected chi connectivity index (χ2v) is 25.7. The standard InChI is InChI=1S/C23H46O3Si4/c1-9-27(4,5)24-29(8,11-3)26-30(25-28(6,7)10-2,22-18-14-12-15-19-22)23-20-16-13-17-21-23/h9-11,22-23H,1-3,12-21H2,4-8H3. The Morgan fingerprint density at radius 1 is 0.567 bits per heavy atom.